The van der Waals surface area contributed by atoms with Crippen molar-refractivity contribution in [2.45, 2.75) is 44.7 Å². The highest BCUT2D eigenvalue weighted by atomic mass is 16.2. The molecule has 5 heteroatoms. The van der Waals surface area contributed by atoms with Crippen LogP contribution < -0.4 is 5.32 Å². The van der Waals surface area contributed by atoms with Crippen LogP contribution in [0.2, 0.25) is 0 Å². The maximum absolute atomic E-state index is 13.1. The SMILES string of the molecule is Cc1ccc(CNC2(C(=O)N3CCN(C)CC3)CCCC2)nc1. The molecule has 0 radical (unpaired) electrons. The monoisotopic (exact) mass is 316 g/mol. The van der Waals surface area contributed by atoms with Crippen LogP contribution in [0.5, 0.6) is 0 Å². The van der Waals surface area contributed by atoms with E-state index in [0.29, 0.717) is 12.5 Å². The first-order valence-electron chi connectivity index (χ1n) is 8.74. The first-order valence-corrected chi connectivity index (χ1v) is 8.74. The van der Waals surface area contributed by atoms with Gasteiger partial charge in [0.25, 0.3) is 0 Å². The molecule has 126 valence electrons. The second-order valence-corrected chi connectivity index (χ2v) is 7.07. The number of hydrogen-bond acceptors (Lipinski definition) is 4. The van der Waals surface area contributed by atoms with Gasteiger partial charge in [0.15, 0.2) is 0 Å². The zero-order valence-electron chi connectivity index (χ0n) is 14.3. The summed E-state index contributed by atoms with van der Waals surface area (Å²) in [4.78, 5) is 21.9. The van der Waals surface area contributed by atoms with Gasteiger partial charge in [0, 0.05) is 38.9 Å². The molecule has 3 rings (SSSR count). The zero-order valence-corrected chi connectivity index (χ0v) is 14.3. The Morgan fingerprint density at radius 3 is 2.52 bits per heavy atom. The number of nitrogens with one attached hydrogen (secondary N) is 1. The molecule has 1 aliphatic heterocycles. The van der Waals surface area contributed by atoms with Gasteiger partial charge in [-0.2, -0.15) is 0 Å². The van der Waals surface area contributed by atoms with Crippen molar-refractivity contribution < 1.29 is 4.79 Å². The van der Waals surface area contributed by atoms with Crippen molar-refractivity contribution in [1.82, 2.24) is 20.1 Å². The minimum atomic E-state index is -0.373. The summed E-state index contributed by atoms with van der Waals surface area (Å²) in [6, 6.07) is 4.12. The van der Waals surface area contributed by atoms with Crippen molar-refractivity contribution in [3.05, 3.63) is 29.6 Å². The molecule has 1 aromatic rings. The van der Waals surface area contributed by atoms with Crippen LogP contribution in [0.25, 0.3) is 0 Å². The van der Waals surface area contributed by atoms with Gasteiger partial charge in [-0.3, -0.25) is 15.1 Å². The van der Waals surface area contributed by atoms with Gasteiger partial charge in [-0.15, -0.1) is 0 Å². The van der Waals surface area contributed by atoms with Crippen LogP contribution in [-0.4, -0.2) is 59.5 Å². The van der Waals surface area contributed by atoms with E-state index < -0.39 is 0 Å². The van der Waals surface area contributed by atoms with Crippen LogP contribution in [0.4, 0.5) is 0 Å². The average Bonchev–Trinajstić information content (AvgIpc) is 3.05. The molecular formula is C18H28N4O. The van der Waals surface area contributed by atoms with Gasteiger partial charge < -0.3 is 9.80 Å². The second kappa shape index (κ2) is 6.97. The van der Waals surface area contributed by atoms with Gasteiger partial charge in [0.2, 0.25) is 5.91 Å². The van der Waals surface area contributed by atoms with Gasteiger partial charge >= 0.3 is 0 Å². The number of pyridine rings is 1. The van der Waals surface area contributed by atoms with Crippen LogP contribution in [-0.2, 0) is 11.3 Å². The largest absolute Gasteiger partial charge is 0.339 e. The van der Waals surface area contributed by atoms with Gasteiger partial charge in [-0.05, 0) is 38.4 Å². The summed E-state index contributed by atoms with van der Waals surface area (Å²) in [5, 5.41) is 3.57. The van der Waals surface area contributed by atoms with E-state index in [4.69, 9.17) is 0 Å². The van der Waals surface area contributed by atoms with E-state index in [-0.39, 0.29) is 5.54 Å². The molecule has 1 saturated heterocycles. The molecule has 0 spiro atoms. The minimum Gasteiger partial charge on any atom is -0.339 e. The highest BCUT2D eigenvalue weighted by Gasteiger charge is 2.43. The number of amides is 1. The number of carbonyl (C=O) groups excluding carboxylic acids is 1. The fraction of sp³-hybridized carbons (Fsp3) is 0.667. The summed E-state index contributed by atoms with van der Waals surface area (Å²) in [5.74, 6) is 0.301. The highest BCUT2D eigenvalue weighted by Crippen LogP contribution is 2.32. The molecule has 2 fully saturated rings. The van der Waals surface area contributed by atoms with Crippen LogP contribution >= 0.6 is 0 Å². The number of aryl methyl sites for hydroxylation is 1. The van der Waals surface area contributed by atoms with E-state index in [1.807, 2.05) is 19.2 Å². The van der Waals surface area contributed by atoms with Gasteiger partial charge in [-0.1, -0.05) is 18.9 Å². The van der Waals surface area contributed by atoms with Crippen molar-refractivity contribution in [1.29, 1.82) is 0 Å². The predicted molar refractivity (Wildman–Crippen MR) is 91.1 cm³/mol. The molecule has 1 aliphatic carbocycles. The molecule has 2 aliphatic rings. The Morgan fingerprint density at radius 1 is 1.22 bits per heavy atom. The predicted octanol–water partition coefficient (Wildman–Crippen LogP) is 1.57. The summed E-state index contributed by atoms with van der Waals surface area (Å²) in [7, 11) is 2.12. The molecule has 0 bridgehead atoms. The number of piperazine rings is 1. The molecule has 0 unspecified atom stereocenters. The molecule has 0 aromatic carbocycles. The minimum absolute atomic E-state index is 0.301. The molecule has 1 N–H and O–H groups in total. The topological polar surface area (TPSA) is 48.5 Å². The maximum atomic E-state index is 13.1. The molecule has 1 aromatic heterocycles. The quantitative estimate of drug-likeness (QED) is 0.916. The Kier molecular flexibility index (Phi) is 4.97. The fourth-order valence-corrected chi connectivity index (χ4v) is 3.62. The molecule has 1 amide bonds. The van der Waals surface area contributed by atoms with Crippen molar-refractivity contribution in [2.24, 2.45) is 0 Å². The van der Waals surface area contributed by atoms with Crippen LogP contribution in [0, 0.1) is 6.92 Å². The smallest absolute Gasteiger partial charge is 0.242 e. The summed E-state index contributed by atoms with van der Waals surface area (Å²) in [6.45, 7) is 6.35. The van der Waals surface area contributed by atoms with Crippen LogP contribution in [0.15, 0.2) is 18.3 Å². The lowest BCUT2D eigenvalue weighted by atomic mass is 9.94. The Labute approximate surface area is 139 Å². The van der Waals surface area contributed by atoms with Crippen molar-refractivity contribution in [3.63, 3.8) is 0 Å². The number of aromatic nitrogens is 1. The van der Waals surface area contributed by atoms with Crippen LogP contribution in [0.3, 0.4) is 0 Å². The first-order chi connectivity index (χ1) is 11.1. The molecule has 1 saturated carbocycles. The Hall–Kier alpha value is -1.46. The Balaban J connectivity index is 1.66. The summed E-state index contributed by atoms with van der Waals surface area (Å²) >= 11 is 0. The summed E-state index contributed by atoms with van der Waals surface area (Å²) < 4.78 is 0. The number of hydrogen-bond donors (Lipinski definition) is 1. The second-order valence-electron chi connectivity index (χ2n) is 7.07. The van der Waals surface area contributed by atoms with E-state index in [0.717, 1.165) is 63.1 Å². The number of carbonyl (C=O) groups is 1. The average molecular weight is 316 g/mol. The standard InChI is InChI=1S/C18H28N4O/c1-15-5-6-16(19-13-15)14-20-18(7-3-4-8-18)17(23)22-11-9-21(2)10-12-22/h5-6,13,20H,3-4,7-12,14H2,1-2H3. The molecule has 5 nitrogen and oxygen atoms in total. The Bertz CT molecular complexity index is 528. The summed E-state index contributed by atoms with van der Waals surface area (Å²) in [6.07, 6.45) is 6.05. The molecule has 2 heterocycles. The highest BCUT2D eigenvalue weighted by molar-refractivity contribution is 5.87. The lowest BCUT2D eigenvalue weighted by Gasteiger charge is -2.39. The maximum Gasteiger partial charge on any atom is 0.242 e. The molecular weight excluding hydrogens is 288 g/mol. The third-order valence-electron chi connectivity index (χ3n) is 5.24. The number of likely N-dealkylation sites (N-methyl/N-ethyl adjacent to an activating group) is 1. The zero-order chi connectivity index (χ0) is 16.3. The van der Waals surface area contributed by atoms with E-state index >= 15 is 0 Å². The van der Waals surface area contributed by atoms with Crippen molar-refractivity contribution >= 4 is 5.91 Å². The lowest BCUT2D eigenvalue weighted by molar-refractivity contribution is -0.140. The lowest BCUT2D eigenvalue weighted by Crippen LogP contribution is -2.59. The molecule has 23 heavy (non-hydrogen) atoms. The number of nitrogens with zero attached hydrogens (tertiary/aromatic N) is 3. The van der Waals surface area contributed by atoms with Gasteiger partial charge in [0.1, 0.15) is 0 Å². The van der Waals surface area contributed by atoms with E-state index in [1.54, 1.807) is 0 Å². The third kappa shape index (κ3) is 3.72. The summed E-state index contributed by atoms with van der Waals surface area (Å²) in [5.41, 5.74) is 1.80. The van der Waals surface area contributed by atoms with E-state index in [2.05, 4.69) is 33.2 Å². The fourth-order valence-electron chi connectivity index (χ4n) is 3.62. The van der Waals surface area contributed by atoms with Crippen LogP contribution in [0.1, 0.15) is 36.9 Å². The normalized spacial score (nSPS) is 21.6. The third-order valence-corrected chi connectivity index (χ3v) is 5.24. The van der Waals surface area contributed by atoms with E-state index in [1.165, 1.54) is 0 Å². The van der Waals surface area contributed by atoms with Crippen molar-refractivity contribution in [2.75, 3.05) is 33.2 Å². The molecule has 0 atom stereocenters. The first kappa shape index (κ1) is 16.4. The van der Waals surface area contributed by atoms with E-state index in [9.17, 15) is 4.79 Å². The van der Waals surface area contributed by atoms with Crippen molar-refractivity contribution in [3.8, 4) is 0 Å². The number of rotatable bonds is 4. The Morgan fingerprint density at radius 2 is 1.91 bits per heavy atom. The van der Waals surface area contributed by atoms with Gasteiger partial charge in [0.05, 0.1) is 11.2 Å². The van der Waals surface area contributed by atoms with Gasteiger partial charge in [-0.25, -0.2) is 0 Å².